The number of hydrogen-bond donors (Lipinski definition) is 1. The number of carbonyl (C=O) groups is 1. The second-order valence-electron chi connectivity index (χ2n) is 2.22. The summed E-state index contributed by atoms with van der Waals surface area (Å²) in [4.78, 5) is 10.6. The lowest BCUT2D eigenvalue weighted by Gasteiger charge is -2.22. The fourth-order valence-electron chi connectivity index (χ4n) is 0.850. The van der Waals surface area contributed by atoms with Gasteiger partial charge in [-0.05, 0) is 12.0 Å². The van der Waals surface area contributed by atoms with Gasteiger partial charge in [0.2, 0.25) is 0 Å². The number of ether oxygens (including phenoxy) is 1. The standard InChI is InChI=1S/C6H11NO3S/c1-11-10-4-5-2-3-9-6(8)7-5/h5H,2-4H2,1H3,(H,7,8)/t5-/m1/s1. The van der Waals surface area contributed by atoms with E-state index in [9.17, 15) is 4.79 Å². The summed E-state index contributed by atoms with van der Waals surface area (Å²) in [5.74, 6) is 0. The number of rotatable bonds is 3. The first-order chi connectivity index (χ1) is 5.33. The van der Waals surface area contributed by atoms with Crippen LogP contribution in [0.15, 0.2) is 0 Å². The third-order valence-electron chi connectivity index (χ3n) is 1.41. The topological polar surface area (TPSA) is 47.6 Å². The van der Waals surface area contributed by atoms with Crippen LogP contribution in [0.5, 0.6) is 0 Å². The first-order valence-electron chi connectivity index (χ1n) is 3.42. The Morgan fingerprint density at radius 2 is 2.73 bits per heavy atom. The molecule has 0 radical (unpaired) electrons. The molecule has 0 spiro atoms. The monoisotopic (exact) mass is 177 g/mol. The molecule has 5 heteroatoms. The summed E-state index contributed by atoms with van der Waals surface area (Å²) in [5, 5.41) is 2.65. The van der Waals surface area contributed by atoms with Crippen LogP contribution in [-0.4, -0.2) is 31.6 Å². The van der Waals surface area contributed by atoms with Crippen LogP contribution in [-0.2, 0) is 8.92 Å². The van der Waals surface area contributed by atoms with Gasteiger partial charge in [-0.1, -0.05) is 0 Å². The number of amides is 1. The smallest absolute Gasteiger partial charge is 0.407 e. The van der Waals surface area contributed by atoms with Gasteiger partial charge in [0, 0.05) is 12.7 Å². The van der Waals surface area contributed by atoms with Crippen molar-refractivity contribution in [2.45, 2.75) is 12.5 Å². The van der Waals surface area contributed by atoms with E-state index in [0.29, 0.717) is 13.2 Å². The summed E-state index contributed by atoms with van der Waals surface area (Å²) in [7, 11) is 0. The van der Waals surface area contributed by atoms with Crippen LogP contribution in [0.4, 0.5) is 4.79 Å². The lowest BCUT2D eigenvalue weighted by Crippen LogP contribution is -2.43. The highest BCUT2D eigenvalue weighted by molar-refractivity contribution is 7.93. The predicted octanol–water partition coefficient (Wildman–Crippen LogP) is 0.779. The van der Waals surface area contributed by atoms with Crippen LogP contribution in [0.2, 0.25) is 0 Å². The third kappa shape index (κ3) is 2.98. The van der Waals surface area contributed by atoms with Crippen LogP contribution >= 0.6 is 12.0 Å². The molecule has 0 aromatic carbocycles. The SMILES string of the molecule is CSOC[C@H]1CCOC(=O)N1. The van der Waals surface area contributed by atoms with E-state index in [0.717, 1.165) is 6.42 Å². The van der Waals surface area contributed by atoms with E-state index in [-0.39, 0.29) is 12.1 Å². The fourth-order valence-corrected chi connectivity index (χ4v) is 1.15. The second-order valence-corrected chi connectivity index (χ2v) is 2.79. The van der Waals surface area contributed by atoms with Gasteiger partial charge in [0.1, 0.15) is 0 Å². The molecule has 1 heterocycles. The van der Waals surface area contributed by atoms with E-state index in [1.165, 1.54) is 12.0 Å². The zero-order valence-electron chi connectivity index (χ0n) is 6.33. The number of cyclic esters (lactones) is 1. The van der Waals surface area contributed by atoms with Gasteiger partial charge in [0.05, 0.1) is 19.3 Å². The summed E-state index contributed by atoms with van der Waals surface area (Å²) < 4.78 is 9.74. The largest absolute Gasteiger partial charge is 0.449 e. The summed E-state index contributed by atoms with van der Waals surface area (Å²) in [6.45, 7) is 1.05. The Bertz CT molecular complexity index is 142. The van der Waals surface area contributed by atoms with Crippen LogP contribution in [0.1, 0.15) is 6.42 Å². The lowest BCUT2D eigenvalue weighted by molar-refractivity contribution is 0.106. The van der Waals surface area contributed by atoms with E-state index >= 15 is 0 Å². The van der Waals surface area contributed by atoms with E-state index in [1.807, 2.05) is 6.26 Å². The van der Waals surface area contributed by atoms with Gasteiger partial charge >= 0.3 is 6.09 Å². The maximum absolute atomic E-state index is 10.6. The Kier molecular flexibility index (Phi) is 3.51. The average molecular weight is 177 g/mol. The highest BCUT2D eigenvalue weighted by Gasteiger charge is 2.18. The Morgan fingerprint density at radius 1 is 1.91 bits per heavy atom. The van der Waals surface area contributed by atoms with Crippen molar-refractivity contribution in [2.24, 2.45) is 0 Å². The molecule has 0 aromatic rings. The molecule has 1 fully saturated rings. The Morgan fingerprint density at radius 3 is 3.36 bits per heavy atom. The van der Waals surface area contributed by atoms with Crippen molar-refractivity contribution < 1.29 is 13.7 Å². The quantitative estimate of drug-likeness (QED) is 0.647. The van der Waals surface area contributed by atoms with Crippen LogP contribution in [0.3, 0.4) is 0 Å². The first-order valence-corrected chi connectivity index (χ1v) is 4.57. The van der Waals surface area contributed by atoms with Crippen molar-refractivity contribution in [2.75, 3.05) is 19.5 Å². The van der Waals surface area contributed by atoms with E-state index in [4.69, 9.17) is 4.18 Å². The second kappa shape index (κ2) is 4.46. The molecule has 0 unspecified atom stereocenters. The molecule has 1 amide bonds. The molecule has 1 aliphatic rings. The molecule has 1 saturated heterocycles. The molecule has 1 atom stereocenters. The molecule has 0 aromatic heterocycles. The van der Waals surface area contributed by atoms with Crippen molar-refractivity contribution in [1.82, 2.24) is 5.32 Å². The maximum atomic E-state index is 10.6. The van der Waals surface area contributed by atoms with Crippen molar-refractivity contribution in [3.63, 3.8) is 0 Å². The normalized spacial score (nSPS) is 24.1. The number of carbonyl (C=O) groups excluding carboxylic acids is 1. The van der Waals surface area contributed by atoms with E-state index in [1.54, 1.807) is 0 Å². The molecule has 1 rings (SSSR count). The Hall–Kier alpha value is -0.420. The highest BCUT2D eigenvalue weighted by Crippen LogP contribution is 2.04. The summed E-state index contributed by atoms with van der Waals surface area (Å²) >= 11 is 1.30. The van der Waals surface area contributed by atoms with E-state index in [2.05, 4.69) is 10.1 Å². The summed E-state index contributed by atoms with van der Waals surface area (Å²) in [6.07, 6.45) is 2.33. The average Bonchev–Trinajstić information content (AvgIpc) is 2.01. The molecule has 1 N–H and O–H groups in total. The van der Waals surface area contributed by atoms with Gasteiger partial charge in [-0.2, -0.15) is 0 Å². The van der Waals surface area contributed by atoms with Crippen molar-refractivity contribution in [3.05, 3.63) is 0 Å². The van der Waals surface area contributed by atoms with Crippen LogP contribution < -0.4 is 5.32 Å². The molecule has 0 saturated carbocycles. The Labute approximate surface area is 69.8 Å². The van der Waals surface area contributed by atoms with Crippen LogP contribution in [0, 0.1) is 0 Å². The zero-order valence-corrected chi connectivity index (χ0v) is 7.15. The number of alkyl carbamates (subject to hydrolysis) is 1. The predicted molar refractivity (Wildman–Crippen MR) is 42.4 cm³/mol. The van der Waals surface area contributed by atoms with Gasteiger partial charge in [-0.3, -0.25) is 0 Å². The first kappa shape index (κ1) is 8.67. The summed E-state index contributed by atoms with van der Waals surface area (Å²) in [5.41, 5.74) is 0. The van der Waals surface area contributed by atoms with Crippen molar-refractivity contribution in [1.29, 1.82) is 0 Å². The third-order valence-corrected chi connectivity index (χ3v) is 1.78. The van der Waals surface area contributed by atoms with E-state index < -0.39 is 0 Å². The minimum Gasteiger partial charge on any atom is -0.449 e. The molecular formula is C6H11NO3S. The Balaban J connectivity index is 2.17. The van der Waals surface area contributed by atoms with Crippen LogP contribution in [0.25, 0.3) is 0 Å². The zero-order chi connectivity index (χ0) is 8.10. The van der Waals surface area contributed by atoms with Gasteiger partial charge in [-0.25, -0.2) is 4.79 Å². The molecule has 4 nitrogen and oxygen atoms in total. The molecule has 0 aliphatic carbocycles. The van der Waals surface area contributed by atoms with Crippen molar-refractivity contribution in [3.8, 4) is 0 Å². The fraction of sp³-hybridized carbons (Fsp3) is 0.833. The molecule has 1 aliphatic heterocycles. The van der Waals surface area contributed by atoms with Gasteiger partial charge < -0.3 is 14.2 Å². The lowest BCUT2D eigenvalue weighted by atomic mass is 10.2. The molecule has 64 valence electrons. The summed E-state index contributed by atoms with van der Waals surface area (Å²) in [6, 6.07) is 0.115. The molecule has 0 bridgehead atoms. The maximum Gasteiger partial charge on any atom is 0.407 e. The minimum atomic E-state index is -0.342. The van der Waals surface area contributed by atoms with Crippen molar-refractivity contribution >= 4 is 18.1 Å². The van der Waals surface area contributed by atoms with Gasteiger partial charge in [0.15, 0.2) is 0 Å². The molecular weight excluding hydrogens is 166 g/mol. The number of nitrogens with one attached hydrogen (secondary N) is 1. The van der Waals surface area contributed by atoms with Gasteiger partial charge in [-0.15, -0.1) is 0 Å². The molecule has 11 heavy (non-hydrogen) atoms. The highest BCUT2D eigenvalue weighted by atomic mass is 32.2. The number of hydrogen-bond acceptors (Lipinski definition) is 4. The minimum absolute atomic E-state index is 0.115. The van der Waals surface area contributed by atoms with Gasteiger partial charge in [0.25, 0.3) is 0 Å².